The molecule has 2 heterocycles. The van der Waals surface area contributed by atoms with Gasteiger partial charge in [-0.25, -0.2) is 0 Å². The molecule has 2 unspecified atom stereocenters. The Bertz CT molecular complexity index is 841. The van der Waals surface area contributed by atoms with Gasteiger partial charge >= 0.3 is 5.97 Å². The average molecular weight is 359 g/mol. The van der Waals surface area contributed by atoms with E-state index in [2.05, 4.69) is 0 Å². The van der Waals surface area contributed by atoms with Crippen LogP contribution in [0.25, 0.3) is 0 Å². The number of aromatic nitrogens is 1. The topological polar surface area (TPSA) is 65.4 Å². The monoisotopic (exact) mass is 359 g/mol. The summed E-state index contributed by atoms with van der Waals surface area (Å²) in [6.45, 7) is 2.55. The van der Waals surface area contributed by atoms with Gasteiger partial charge in [-0.15, -0.1) is 0 Å². The fourth-order valence-electron chi connectivity index (χ4n) is 3.44. The van der Waals surface area contributed by atoms with Crippen LogP contribution >= 0.6 is 0 Å². The van der Waals surface area contributed by atoms with Gasteiger partial charge < -0.3 is 9.30 Å². The summed E-state index contributed by atoms with van der Waals surface area (Å²) in [7, 11) is 0.153. The number of benzene rings is 1. The van der Waals surface area contributed by atoms with Gasteiger partial charge in [-0.3, -0.25) is 13.8 Å². The molecule has 0 N–H and O–H groups in total. The number of hydrogen-bond acceptors (Lipinski definition) is 4. The number of aryl methyl sites for hydroxylation is 1. The van der Waals surface area contributed by atoms with Crippen molar-refractivity contribution >= 4 is 22.6 Å². The predicted octanol–water partition coefficient (Wildman–Crippen LogP) is 2.70. The molecular formula is C19H21NO4S. The highest BCUT2D eigenvalue weighted by Gasteiger charge is 2.53. The summed E-state index contributed by atoms with van der Waals surface area (Å²) < 4.78 is 19.2. The number of hydrogen-bond donors (Lipinski definition) is 0. The van der Waals surface area contributed by atoms with Crippen molar-refractivity contribution in [2.45, 2.75) is 36.6 Å². The zero-order valence-corrected chi connectivity index (χ0v) is 15.2. The minimum atomic E-state index is -1.33. The average Bonchev–Trinajstić information content (AvgIpc) is 3.23. The van der Waals surface area contributed by atoms with Crippen LogP contribution in [-0.4, -0.2) is 33.4 Å². The summed E-state index contributed by atoms with van der Waals surface area (Å²) >= 11 is 0. The summed E-state index contributed by atoms with van der Waals surface area (Å²) in [6, 6.07) is 10.4. The molecule has 132 valence electrons. The summed E-state index contributed by atoms with van der Waals surface area (Å²) in [5.41, 5.74) is -0.283. The van der Waals surface area contributed by atoms with Crippen molar-refractivity contribution < 1.29 is 18.5 Å². The smallest absolute Gasteiger partial charge is 0.325 e. The second kappa shape index (κ2) is 6.96. The molecule has 0 spiro atoms. The lowest BCUT2D eigenvalue weighted by Crippen LogP contribution is -2.43. The maximum atomic E-state index is 13.3. The molecule has 0 saturated heterocycles. The molecule has 25 heavy (non-hydrogen) atoms. The van der Waals surface area contributed by atoms with Crippen LogP contribution in [0.3, 0.4) is 0 Å². The normalized spacial score (nSPS) is 20.1. The van der Waals surface area contributed by atoms with E-state index in [0.29, 0.717) is 34.9 Å². The van der Waals surface area contributed by atoms with Crippen molar-refractivity contribution in [3.8, 4) is 0 Å². The molecule has 1 aliphatic heterocycles. The first-order chi connectivity index (χ1) is 12.0. The summed E-state index contributed by atoms with van der Waals surface area (Å²) in [4.78, 5) is 26.6. The molecule has 2 atom stereocenters. The van der Waals surface area contributed by atoms with E-state index in [-0.39, 0.29) is 5.78 Å². The van der Waals surface area contributed by atoms with Gasteiger partial charge in [-0.2, -0.15) is 0 Å². The van der Waals surface area contributed by atoms with Crippen molar-refractivity contribution in [1.82, 2.24) is 4.57 Å². The molecule has 0 fully saturated rings. The maximum absolute atomic E-state index is 13.3. The van der Waals surface area contributed by atoms with Crippen LogP contribution in [0, 0.1) is 0 Å². The molecular weight excluding hydrogens is 338 g/mol. The van der Waals surface area contributed by atoms with E-state index in [0.717, 1.165) is 6.42 Å². The van der Waals surface area contributed by atoms with Gasteiger partial charge in [0.1, 0.15) is 0 Å². The van der Waals surface area contributed by atoms with E-state index < -0.39 is 22.2 Å². The quantitative estimate of drug-likeness (QED) is 0.452. The zero-order valence-electron chi connectivity index (χ0n) is 14.4. The summed E-state index contributed by atoms with van der Waals surface area (Å²) in [5.74, 6) is -0.301. The molecule has 2 aromatic rings. The third-order valence-corrected chi connectivity index (χ3v) is 6.22. The van der Waals surface area contributed by atoms with Crippen LogP contribution in [0.2, 0.25) is 0 Å². The van der Waals surface area contributed by atoms with Gasteiger partial charge in [0.25, 0.3) is 0 Å². The predicted molar refractivity (Wildman–Crippen MR) is 95.1 cm³/mol. The van der Waals surface area contributed by atoms with Gasteiger partial charge in [-0.1, -0.05) is 19.1 Å². The summed E-state index contributed by atoms with van der Waals surface area (Å²) in [6.07, 6.45) is 3.03. The minimum absolute atomic E-state index is 0.299. The van der Waals surface area contributed by atoms with Gasteiger partial charge in [-0.05, 0) is 37.1 Å². The highest BCUT2D eigenvalue weighted by molar-refractivity contribution is 7.85. The molecule has 1 aromatic carbocycles. The maximum Gasteiger partial charge on any atom is 0.325 e. The van der Waals surface area contributed by atoms with Crippen molar-refractivity contribution in [1.29, 1.82) is 0 Å². The lowest BCUT2D eigenvalue weighted by atomic mass is 9.76. The number of methoxy groups -OCH3 is 1. The van der Waals surface area contributed by atoms with Crippen LogP contribution in [0.15, 0.2) is 47.5 Å². The van der Waals surface area contributed by atoms with Crippen molar-refractivity contribution in [3.05, 3.63) is 53.9 Å². The molecule has 5 nitrogen and oxygen atoms in total. The van der Waals surface area contributed by atoms with Gasteiger partial charge in [0.05, 0.1) is 17.9 Å². The second-order valence-corrected chi connectivity index (χ2v) is 7.71. The van der Waals surface area contributed by atoms with Crippen LogP contribution < -0.4 is 0 Å². The van der Waals surface area contributed by atoms with Gasteiger partial charge in [0.15, 0.2) is 11.2 Å². The molecule has 0 radical (unpaired) electrons. The number of carbonyl (C=O) groups excluding carboxylic acids is 2. The Kier molecular flexibility index (Phi) is 4.90. The minimum Gasteiger partial charge on any atom is -0.468 e. The lowest BCUT2D eigenvalue weighted by Gasteiger charge is -2.24. The fourth-order valence-corrected chi connectivity index (χ4v) is 4.54. The first kappa shape index (κ1) is 17.6. The number of Topliss-reactive ketones (excluding diaryl/α,β-unsaturated/α-hetero) is 1. The number of fused-ring (bicyclic) bond motifs is 1. The number of carbonyl (C=O) groups is 2. The number of esters is 1. The van der Waals surface area contributed by atoms with E-state index >= 15 is 0 Å². The Hall–Kier alpha value is -2.21. The Morgan fingerprint density at radius 1 is 1.28 bits per heavy atom. The van der Waals surface area contributed by atoms with E-state index in [1.165, 1.54) is 7.11 Å². The Morgan fingerprint density at radius 2 is 2.08 bits per heavy atom. The van der Waals surface area contributed by atoms with Crippen molar-refractivity contribution in [2.24, 2.45) is 0 Å². The largest absolute Gasteiger partial charge is 0.468 e. The Labute approximate surface area is 149 Å². The third-order valence-electron chi connectivity index (χ3n) is 4.66. The standard InChI is InChI=1S/C19H21NO4S/c1-3-12-25(23)15-7-4-6-14(13-15)17(21)19(18(22)24-2)9-11-20-10-5-8-16(19)20/h4-8,10,13H,3,9,11-12H2,1-2H3. The molecule has 0 bridgehead atoms. The number of rotatable bonds is 6. The van der Waals surface area contributed by atoms with Crippen LogP contribution in [0.5, 0.6) is 0 Å². The van der Waals surface area contributed by atoms with Gasteiger partial charge in [0, 0.05) is 34.6 Å². The lowest BCUT2D eigenvalue weighted by molar-refractivity contribution is -0.145. The van der Waals surface area contributed by atoms with E-state index in [4.69, 9.17) is 4.74 Å². The third kappa shape index (κ3) is 2.84. The van der Waals surface area contributed by atoms with Crippen LogP contribution in [0.4, 0.5) is 0 Å². The van der Waals surface area contributed by atoms with Gasteiger partial charge in [0.2, 0.25) is 0 Å². The first-order valence-electron chi connectivity index (χ1n) is 8.32. The Balaban J connectivity index is 2.05. The van der Waals surface area contributed by atoms with Crippen LogP contribution in [0.1, 0.15) is 35.8 Å². The SMILES string of the molecule is CCCS(=O)c1cccc(C(=O)C2(C(=O)OC)CCn3cccc32)c1. The molecule has 1 aliphatic rings. The van der Waals surface area contributed by atoms with Crippen molar-refractivity contribution in [3.63, 3.8) is 0 Å². The number of ketones is 1. The molecule has 3 rings (SSSR count). The van der Waals surface area contributed by atoms with Crippen molar-refractivity contribution in [2.75, 3.05) is 12.9 Å². The van der Waals surface area contributed by atoms with E-state index in [1.807, 2.05) is 23.8 Å². The Morgan fingerprint density at radius 3 is 2.80 bits per heavy atom. The highest BCUT2D eigenvalue weighted by Crippen LogP contribution is 2.39. The molecule has 0 amide bonds. The molecule has 6 heteroatoms. The second-order valence-electron chi connectivity index (χ2n) is 6.14. The molecule has 0 aliphatic carbocycles. The molecule has 1 aromatic heterocycles. The number of nitrogens with zero attached hydrogens (tertiary/aromatic N) is 1. The summed E-state index contributed by atoms with van der Waals surface area (Å²) in [5, 5.41) is 0. The molecule has 0 saturated carbocycles. The number of ether oxygens (including phenoxy) is 1. The van der Waals surface area contributed by atoms with Crippen LogP contribution in [-0.2, 0) is 32.3 Å². The van der Waals surface area contributed by atoms with E-state index in [1.54, 1.807) is 30.3 Å². The zero-order chi connectivity index (χ0) is 18.0. The fraction of sp³-hybridized carbons (Fsp3) is 0.368. The first-order valence-corrected chi connectivity index (χ1v) is 9.63. The highest BCUT2D eigenvalue weighted by atomic mass is 32.2. The van der Waals surface area contributed by atoms with E-state index in [9.17, 15) is 13.8 Å².